The molecule has 2 N–H and O–H groups in total. The maximum Gasteiger partial charge on any atom is 0.0593 e. The molecule has 0 amide bonds. The normalized spacial score (nSPS) is 19.6. The Morgan fingerprint density at radius 2 is 2.18 bits per heavy atom. The zero-order chi connectivity index (χ0) is 12.4. The van der Waals surface area contributed by atoms with Crippen LogP contribution >= 0.6 is 11.3 Å². The van der Waals surface area contributed by atoms with Crippen LogP contribution in [0.2, 0.25) is 0 Å². The molecule has 2 atom stereocenters. The summed E-state index contributed by atoms with van der Waals surface area (Å²) in [5.41, 5.74) is 6.24. The van der Waals surface area contributed by atoms with E-state index in [2.05, 4.69) is 37.8 Å². The highest BCUT2D eigenvalue weighted by Crippen LogP contribution is 2.38. The van der Waals surface area contributed by atoms with Gasteiger partial charge in [-0.1, -0.05) is 6.92 Å². The summed E-state index contributed by atoms with van der Waals surface area (Å²) in [4.78, 5) is 5.46. The fourth-order valence-corrected chi connectivity index (χ4v) is 3.66. The van der Waals surface area contributed by atoms with E-state index < -0.39 is 0 Å². The van der Waals surface area contributed by atoms with Crippen molar-refractivity contribution in [1.29, 1.82) is 0 Å². The third-order valence-electron chi connectivity index (χ3n) is 3.41. The predicted octanol–water partition coefficient (Wildman–Crippen LogP) is 3.32. The molecule has 2 rings (SSSR count). The molecular weight excluding hydrogens is 228 g/mol. The van der Waals surface area contributed by atoms with Gasteiger partial charge in [0.1, 0.15) is 0 Å². The zero-order valence-corrected chi connectivity index (χ0v) is 12.0. The summed E-state index contributed by atoms with van der Waals surface area (Å²) < 4.78 is 0. The fraction of sp³-hybridized carbons (Fsp3) is 0.714. The first-order chi connectivity index (χ1) is 8.13. The van der Waals surface area contributed by atoms with Crippen LogP contribution in [0.1, 0.15) is 48.9 Å². The molecule has 0 saturated heterocycles. The van der Waals surface area contributed by atoms with Crippen molar-refractivity contribution in [1.82, 2.24) is 4.90 Å². The fourth-order valence-electron chi connectivity index (χ4n) is 2.55. The van der Waals surface area contributed by atoms with Gasteiger partial charge < -0.3 is 5.73 Å². The van der Waals surface area contributed by atoms with E-state index in [9.17, 15) is 0 Å². The summed E-state index contributed by atoms with van der Waals surface area (Å²) in [7, 11) is 0. The number of nitrogens with two attached hydrogens (primary N) is 1. The van der Waals surface area contributed by atoms with Crippen LogP contribution in [0, 0.1) is 6.92 Å². The van der Waals surface area contributed by atoms with Gasteiger partial charge >= 0.3 is 0 Å². The minimum Gasteiger partial charge on any atom is -0.326 e. The van der Waals surface area contributed by atoms with E-state index in [1.807, 2.05) is 11.3 Å². The van der Waals surface area contributed by atoms with Crippen molar-refractivity contribution in [3.05, 3.63) is 21.9 Å². The quantitative estimate of drug-likeness (QED) is 0.841. The van der Waals surface area contributed by atoms with Gasteiger partial charge in [0.2, 0.25) is 0 Å². The van der Waals surface area contributed by atoms with Gasteiger partial charge in [0.25, 0.3) is 0 Å². The molecule has 0 bridgehead atoms. The number of hydrogen-bond donors (Lipinski definition) is 1. The number of nitrogens with zero attached hydrogens (tertiary/aromatic N) is 1. The third kappa shape index (κ3) is 3.09. The molecule has 1 saturated carbocycles. The van der Waals surface area contributed by atoms with Gasteiger partial charge in [0, 0.05) is 21.8 Å². The van der Waals surface area contributed by atoms with Gasteiger partial charge in [-0.25, -0.2) is 0 Å². The van der Waals surface area contributed by atoms with Crippen LogP contribution in [0.25, 0.3) is 0 Å². The summed E-state index contributed by atoms with van der Waals surface area (Å²) in [5.74, 6) is 0. The number of rotatable bonds is 6. The molecule has 0 aliphatic heterocycles. The van der Waals surface area contributed by atoms with Crippen LogP contribution in [0.5, 0.6) is 0 Å². The van der Waals surface area contributed by atoms with E-state index in [0.29, 0.717) is 6.04 Å². The minimum absolute atomic E-state index is 0.209. The van der Waals surface area contributed by atoms with Crippen molar-refractivity contribution in [2.24, 2.45) is 5.73 Å². The monoisotopic (exact) mass is 252 g/mol. The lowest BCUT2D eigenvalue weighted by Crippen LogP contribution is -2.40. The molecule has 1 heterocycles. The second kappa shape index (κ2) is 5.51. The van der Waals surface area contributed by atoms with Gasteiger partial charge in [-0.15, -0.1) is 11.3 Å². The minimum atomic E-state index is 0.209. The van der Waals surface area contributed by atoms with E-state index in [1.54, 1.807) is 0 Å². The highest BCUT2D eigenvalue weighted by molar-refractivity contribution is 7.12. The van der Waals surface area contributed by atoms with E-state index in [1.165, 1.54) is 35.6 Å². The van der Waals surface area contributed by atoms with Gasteiger partial charge in [-0.2, -0.15) is 0 Å². The second-order valence-electron chi connectivity index (χ2n) is 5.22. The van der Waals surface area contributed by atoms with Crippen molar-refractivity contribution in [2.45, 2.75) is 58.2 Å². The molecule has 96 valence electrons. The van der Waals surface area contributed by atoms with Gasteiger partial charge in [-0.05, 0) is 51.8 Å². The Morgan fingerprint density at radius 3 is 2.59 bits per heavy atom. The van der Waals surface area contributed by atoms with Crippen molar-refractivity contribution >= 4 is 11.3 Å². The summed E-state index contributed by atoms with van der Waals surface area (Å²) in [6, 6.07) is 5.89. The highest BCUT2D eigenvalue weighted by atomic mass is 32.1. The number of aryl methyl sites for hydroxylation is 1. The lowest BCUT2D eigenvalue weighted by Gasteiger charge is -2.33. The third-order valence-corrected chi connectivity index (χ3v) is 4.48. The first kappa shape index (κ1) is 13.1. The Labute approximate surface area is 109 Å². The van der Waals surface area contributed by atoms with Crippen LogP contribution in [0.3, 0.4) is 0 Å². The van der Waals surface area contributed by atoms with E-state index in [0.717, 1.165) is 6.04 Å². The van der Waals surface area contributed by atoms with Crippen LogP contribution in [-0.4, -0.2) is 23.5 Å². The molecule has 0 radical (unpaired) electrons. The zero-order valence-electron chi connectivity index (χ0n) is 11.1. The van der Waals surface area contributed by atoms with Gasteiger partial charge in [0.05, 0.1) is 6.04 Å². The van der Waals surface area contributed by atoms with Crippen molar-refractivity contribution < 1.29 is 0 Å². The molecule has 3 heteroatoms. The standard InChI is InChI=1S/C14H24N2S/c1-4-9-16(12-6-7-12)14(11(3)15)13-8-5-10(2)17-13/h5,8,11-12,14H,4,6-7,9,15H2,1-3H3. The molecule has 2 nitrogen and oxygen atoms in total. The Hall–Kier alpha value is -0.380. The Kier molecular flexibility index (Phi) is 4.23. The maximum absolute atomic E-state index is 6.24. The smallest absolute Gasteiger partial charge is 0.0593 e. The van der Waals surface area contributed by atoms with Crippen LogP contribution in [0.15, 0.2) is 12.1 Å². The summed E-state index contributed by atoms with van der Waals surface area (Å²) in [5, 5.41) is 0. The van der Waals surface area contributed by atoms with Crippen molar-refractivity contribution in [3.8, 4) is 0 Å². The van der Waals surface area contributed by atoms with Gasteiger partial charge in [-0.3, -0.25) is 4.90 Å². The first-order valence-electron chi connectivity index (χ1n) is 6.71. The average Bonchev–Trinajstić information content (AvgIpc) is 3.02. The molecule has 17 heavy (non-hydrogen) atoms. The first-order valence-corrected chi connectivity index (χ1v) is 7.52. The number of hydrogen-bond acceptors (Lipinski definition) is 3. The average molecular weight is 252 g/mol. The SMILES string of the molecule is CCCN(C1CC1)C(c1ccc(C)s1)C(C)N. The molecule has 0 spiro atoms. The van der Waals surface area contributed by atoms with Crippen molar-refractivity contribution in [2.75, 3.05) is 6.54 Å². The molecule has 1 aromatic heterocycles. The van der Waals surface area contributed by atoms with Crippen molar-refractivity contribution in [3.63, 3.8) is 0 Å². The van der Waals surface area contributed by atoms with Gasteiger partial charge in [0.15, 0.2) is 0 Å². The molecular formula is C14H24N2S. The van der Waals surface area contributed by atoms with E-state index in [-0.39, 0.29) is 6.04 Å². The molecule has 1 aliphatic carbocycles. The maximum atomic E-state index is 6.24. The summed E-state index contributed by atoms with van der Waals surface area (Å²) >= 11 is 1.90. The van der Waals surface area contributed by atoms with Crippen LogP contribution < -0.4 is 5.73 Å². The molecule has 1 aromatic rings. The Balaban J connectivity index is 2.20. The second-order valence-corrected chi connectivity index (χ2v) is 6.54. The molecule has 1 fully saturated rings. The number of thiophene rings is 1. The largest absolute Gasteiger partial charge is 0.326 e. The van der Waals surface area contributed by atoms with Crippen LogP contribution in [-0.2, 0) is 0 Å². The van der Waals surface area contributed by atoms with E-state index >= 15 is 0 Å². The lowest BCUT2D eigenvalue weighted by molar-refractivity contribution is 0.169. The lowest BCUT2D eigenvalue weighted by atomic mass is 10.1. The predicted molar refractivity (Wildman–Crippen MR) is 75.5 cm³/mol. The molecule has 2 unspecified atom stereocenters. The van der Waals surface area contributed by atoms with E-state index in [4.69, 9.17) is 5.73 Å². The summed E-state index contributed by atoms with van der Waals surface area (Å²) in [6.45, 7) is 7.75. The summed E-state index contributed by atoms with van der Waals surface area (Å²) in [6.07, 6.45) is 3.92. The Bertz CT molecular complexity index is 355. The molecule has 0 aromatic carbocycles. The molecule has 1 aliphatic rings. The topological polar surface area (TPSA) is 29.3 Å². The van der Waals surface area contributed by atoms with Crippen LogP contribution in [0.4, 0.5) is 0 Å². The Morgan fingerprint density at radius 1 is 1.47 bits per heavy atom. The highest BCUT2D eigenvalue weighted by Gasteiger charge is 2.36.